The van der Waals surface area contributed by atoms with E-state index in [1.807, 2.05) is 6.92 Å². The number of hydrogen-bond acceptors (Lipinski definition) is 8. The van der Waals surface area contributed by atoms with Crippen LogP contribution in [0.3, 0.4) is 0 Å². The number of phenolic OH excluding ortho intramolecular Hbond substituents is 2. The first-order valence-electron chi connectivity index (χ1n) is 11.8. The van der Waals surface area contributed by atoms with Crippen LogP contribution in [0.5, 0.6) is 17.2 Å². The summed E-state index contributed by atoms with van der Waals surface area (Å²) in [4.78, 5) is 39.7. The van der Waals surface area contributed by atoms with Crippen molar-refractivity contribution in [2.24, 2.45) is 17.3 Å². The topological polar surface area (TPSA) is 141 Å². The Labute approximate surface area is 205 Å². The van der Waals surface area contributed by atoms with Crippen molar-refractivity contribution in [3.8, 4) is 17.2 Å². The van der Waals surface area contributed by atoms with Crippen LogP contribution in [-0.2, 0) is 16.0 Å². The number of carbonyl (C=O) groups excluding carboxylic acids is 3. The quantitative estimate of drug-likeness (QED) is 0.280. The zero-order valence-corrected chi connectivity index (χ0v) is 21.7. The molecule has 1 aliphatic rings. The normalized spacial score (nSPS) is 20.2. The zero-order chi connectivity index (χ0) is 27.0. The number of aliphatic hydroxyl groups excluding tert-OH is 2. The summed E-state index contributed by atoms with van der Waals surface area (Å²) in [5.41, 5.74) is -2.32. The Morgan fingerprint density at radius 3 is 1.94 bits per heavy atom. The van der Waals surface area contributed by atoms with Crippen LogP contribution in [0.2, 0.25) is 0 Å². The van der Waals surface area contributed by atoms with E-state index in [9.17, 15) is 34.8 Å². The Morgan fingerprint density at radius 1 is 0.943 bits per heavy atom. The van der Waals surface area contributed by atoms with Gasteiger partial charge in [0.2, 0.25) is 0 Å². The minimum absolute atomic E-state index is 0.0234. The maximum atomic E-state index is 13.6. The standard InChI is InChI=1S/C27H36O8/c1-9-12(3)19(28)17-23(32)16(21(30)14(5)24(17)35-8)11-27(7)25(33)15(6)22(31)18(26(27)34)20(29)13(4)10-2/h12-13,30-33H,9-11H2,1-8H3. The fourth-order valence-corrected chi connectivity index (χ4v) is 4.36. The summed E-state index contributed by atoms with van der Waals surface area (Å²) in [6, 6.07) is 0. The van der Waals surface area contributed by atoms with Crippen LogP contribution in [-0.4, -0.2) is 44.9 Å². The van der Waals surface area contributed by atoms with E-state index < -0.39 is 69.6 Å². The highest BCUT2D eigenvalue weighted by Gasteiger charge is 2.49. The zero-order valence-electron chi connectivity index (χ0n) is 21.7. The Morgan fingerprint density at radius 2 is 1.46 bits per heavy atom. The lowest BCUT2D eigenvalue weighted by Gasteiger charge is -2.34. The van der Waals surface area contributed by atoms with Gasteiger partial charge in [-0.25, -0.2) is 0 Å². The van der Waals surface area contributed by atoms with Crippen LogP contribution in [0.15, 0.2) is 22.7 Å². The number of rotatable bonds is 9. The number of benzene rings is 1. The second-order valence-corrected chi connectivity index (χ2v) is 9.59. The predicted octanol–water partition coefficient (Wildman–Crippen LogP) is 5.03. The van der Waals surface area contributed by atoms with E-state index >= 15 is 0 Å². The van der Waals surface area contributed by atoms with Gasteiger partial charge in [0.25, 0.3) is 0 Å². The minimum Gasteiger partial charge on any atom is -0.511 e. The van der Waals surface area contributed by atoms with Gasteiger partial charge in [-0.05, 0) is 40.0 Å². The predicted molar refractivity (Wildman–Crippen MR) is 131 cm³/mol. The molecule has 0 radical (unpaired) electrons. The Bertz CT molecular complexity index is 1140. The van der Waals surface area contributed by atoms with Crippen molar-refractivity contribution in [3.05, 3.63) is 39.4 Å². The summed E-state index contributed by atoms with van der Waals surface area (Å²) in [5, 5.41) is 43.6. The van der Waals surface area contributed by atoms with Gasteiger partial charge in [-0.1, -0.05) is 27.7 Å². The highest BCUT2D eigenvalue weighted by atomic mass is 16.5. The highest BCUT2D eigenvalue weighted by Crippen LogP contribution is 2.49. The smallest absolute Gasteiger partial charge is 0.183 e. The molecule has 0 fully saturated rings. The van der Waals surface area contributed by atoms with Gasteiger partial charge in [0, 0.05) is 28.5 Å². The van der Waals surface area contributed by atoms with Crippen LogP contribution in [0.25, 0.3) is 0 Å². The lowest BCUT2D eigenvalue weighted by Crippen LogP contribution is -2.41. The molecule has 4 N–H and O–H groups in total. The molecule has 0 saturated carbocycles. The van der Waals surface area contributed by atoms with Crippen molar-refractivity contribution >= 4 is 17.3 Å². The van der Waals surface area contributed by atoms with Crippen LogP contribution in [0.1, 0.15) is 75.9 Å². The van der Waals surface area contributed by atoms with E-state index in [1.54, 1.807) is 20.8 Å². The molecule has 1 aromatic carbocycles. The monoisotopic (exact) mass is 488 g/mol. The fourth-order valence-electron chi connectivity index (χ4n) is 4.36. The lowest BCUT2D eigenvalue weighted by molar-refractivity contribution is -0.128. The van der Waals surface area contributed by atoms with E-state index in [4.69, 9.17) is 4.74 Å². The number of aromatic hydroxyl groups is 2. The van der Waals surface area contributed by atoms with Gasteiger partial charge in [0.15, 0.2) is 17.3 Å². The van der Waals surface area contributed by atoms with Gasteiger partial charge in [0.05, 0.1) is 12.5 Å². The molecule has 0 aliphatic heterocycles. The molecule has 0 aromatic heterocycles. The fraction of sp³-hybridized carbons (Fsp3) is 0.519. The van der Waals surface area contributed by atoms with Gasteiger partial charge in [-0.2, -0.15) is 0 Å². The first-order valence-corrected chi connectivity index (χ1v) is 11.8. The molecule has 2 rings (SSSR count). The van der Waals surface area contributed by atoms with Crippen molar-refractivity contribution in [2.45, 2.75) is 67.7 Å². The van der Waals surface area contributed by atoms with E-state index in [1.165, 1.54) is 27.9 Å². The number of hydrogen-bond donors (Lipinski definition) is 4. The van der Waals surface area contributed by atoms with Crippen LogP contribution in [0, 0.1) is 24.2 Å². The Hall–Kier alpha value is -3.29. The summed E-state index contributed by atoms with van der Waals surface area (Å²) in [6.45, 7) is 11.2. The van der Waals surface area contributed by atoms with Crippen LogP contribution < -0.4 is 4.74 Å². The molecule has 0 heterocycles. The maximum Gasteiger partial charge on any atom is 0.183 e. The second-order valence-electron chi connectivity index (χ2n) is 9.59. The molecular weight excluding hydrogens is 452 g/mol. The third-order valence-electron chi connectivity index (χ3n) is 7.28. The van der Waals surface area contributed by atoms with E-state index in [2.05, 4.69) is 0 Å². The molecule has 1 aliphatic carbocycles. The summed E-state index contributed by atoms with van der Waals surface area (Å²) in [6.07, 6.45) is 0.512. The molecule has 1 aromatic rings. The van der Waals surface area contributed by atoms with Crippen LogP contribution >= 0.6 is 0 Å². The van der Waals surface area contributed by atoms with E-state index in [-0.39, 0.29) is 28.0 Å². The summed E-state index contributed by atoms with van der Waals surface area (Å²) in [7, 11) is 1.32. The van der Waals surface area contributed by atoms with Gasteiger partial charge in [-0.15, -0.1) is 0 Å². The molecule has 3 atom stereocenters. The first kappa shape index (κ1) is 28.0. The van der Waals surface area contributed by atoms with Crippen molar-refractivity contribution in [3.63, 3.8) is 0 Å². The van der Waals surface area contributed by atoms with E-state index in [0.717, 1.165) is 0 Å². The number of Topliss-reactive ketones (excluding diaryl/α,β-unsaturated/α-hetero) is 3. The van der Waals surface area contributed by atoms with Gasteiger partial charge < -0.3 is 25.2 Å². The summed E-state index contributed by atoms with van der Waals surface area (Å²) >= 11 is 0. The van der Waals surface area contributed by atoms with Crippen molar-refractivity contribution in [2.75, 3.05) is 7.11 Å². The van der Waals surface area contributed by atoms with Crippen molar-refractivity contribution in [1.29, 1.82) is 0 Å². The Balaban J connectivity index is 2.79. The molecule has 35 heavy (non-hydrogen) atoms. The largest absolute Gasteiger partial charge is 0.511 e. The number of allylic oxidation sites excluding steroid dienone is 3. The molecule has 0 saturated heterocycles. The number of methoxy groups -OCH3 is 1. The molecule has 8 nitrogen and oxygen atoms in total. The third-order valence-corrected chi connectivity index (χ3v) is 7.28. The van der Waals surface area contributed by atoms with Gasteiger partial charge in [0.1, 0.15) is 39.9 Å². The number of ether oxygens (including phenoxy) is 1. The molecule has 3 unspecified atom stereocenters. The third kappa shape index (κ3) is 4.42. The minimum atomic E-state index is -1.79. The molecule has 192 valence electrons. The number of ketones is 3. The van der Waals surface area contributed by atoms with E-state index in [0.29, 0.717) is 12.8 Å². The van der Waals surface area contributed by atoms with Crippen molar-refractivity contribution in [1.82, 2.24) is 0 Å². The molecular formula is C27H36O8. The molecule has 8 heteroatoms. The number of phenols is 2. The maximum absolute atomic E-state index is 13.6. The molecule has 0 bridgehead atoms. The average Bonchev–Trinajstić information content (AvgIpc) is 2.84. The molecule has 0 amide bonds. The SMILES string of the molecule is CCC(C)C(=O)C1=C(O)C(C)=C(O)C(C)(Cc2c(O)c(C)c(OC)c(C(=O)C(C)CC)c2O)C1=O. The average molecular weight is 489 g/mol. The second kappa shape index (κ2) is 10.1. The van der Waals surface area contributed by atoms with Gasteiger partial charge >= 0.3 is 0 Å². The summed E-state index contributed by atoms with van der Waals surface area (Å²) < 4.78 is 5.33. The summed E-state index contributed by atoms with van der Waals surface area (Å²) in [5.74, 6) is -4.76. The number of carbonyl (C=O) groups is 3. The van der Waals surface area contributed by atoms with Crippen molar-refractivity contribution < 1.29 is 39.5 Å². The highest BCUT2D eigenvalue weighted by molar-refractivity contribution is 6.24. The Kier molecular flexibility index (Phi) is 8.10. The number of aliphatic hydroxyl groups is 2. The first-order chi connectivity index (χ1) is 16.2. The lowest BCUT2D eigenvalue weighted by atomic mass is 9.68. The van der Waals surface area contributed by atoms with Crippen LogP contribution in [0.4, 0.5) is 0 Å². The van der Waals surface area contributed by atoms with Gasteiger partial charge in [-0.3, -0.25) is 14.4 Å². The molecule has 0 spiro atoms.